The van der Waals surface area contributed by atoms with Crippen LogP contribution in [-0.2, 0) is 4.79 Å². The van der Waals surface area contributed by atoms with Crippen molar-refractivity contribution >= 4 is 6.29 Å². The van der Waals surface area contributed by atoms with Crippen molar-refractivity contribution in [3.63, 3.8) is 0 Å². The fourth-order valence-electron chi connectivity index (χ4n) is 1.92. The van der Waals surface area contributed by atoms with Crippen molar-refractivity contribution in [2.45, 2.75) is 32.6 Å². The van der Waals surface area contributed by atoms with Crippen LogP contribution in [0.3, 0.4) is 0 Å². The normalized spacial score (nSPS) is 38.1. The molecule has 0 aromatic carbocycles. The molecule has 0 bridgehead atoms. The summed E-state index contributed by atoms with van der Waals surface area (Å²) in [6.45, 7) is 5.82. The average molecular weight is 152 g/mol. The molecular weight excluding hydrogens is 136 g/mol. The van der Waals surface area contributed by atoms with Gasteiger partial charge in [-0.15, -0.1) is 6.58 Å². The number of carbonyl (C=O) groups excluding carboxylic acids is 1. The lowest BCUT2D eigenvalue weighted by molar-refractivity contribution is -0.118. The number of aldehydes is 1. The summed E-state index contributed by atoms with van der Waals surface area (Å²) in [6, 6.07) is 0. The number of hydrogen-bond donors (Lipinski definition) is 0. The molecule has 0 aromatic heterocycles. The summed E-state index contributed by atoms with van der Waals surface area (Å²) < 4.78 is 0. The lowest BCUT2D eigenvalue weighted by atomic mass is 9.68. The molecule has 2 atom stereocenters. The van der Waals surface area contributed by atoms with Gasteiger partial charge >= 0.3 is 0 Å². The van der Waals surface area contributed by atoms with Gasteiger partial charge in [0.2, 0.25) is 0 Å². The topological polar surface area (TPSA) is 17.1 Å². The maximum absolute atomic E-state index is 10.8. The molecule has 1 aliphatic carbocycles. The Morgan fingerprint density at radius 1 is 1.55 bits per heavy atom. The predicted molar refractivity (Wildman–Crippen MR) is 46.3 cm³/mol. The van der Waals surface area contributed by atoms with Gasteiger partial charge in [-0.05, 0) is 18.8 Å². The fourth-order valence-corrected chi connectivity index (χ4v) is 1.92. The molecule has 1 heteroatoms. The van der Waals surface area contributed by atoms with E-state index >= 15 is 0 Å². The highest BCUT2D eigenvalue weighted by Crippen LogP contribution is 2.39. The van der Waals surface area contributed by atoms with E-state index in [1.807, 2.05) is 13.0 Å². The van der Waals surface area contributed by atoms with Crippen LogP contribution in [0, 0.1) is 11.3 Å². The van der Waals surface area contributed by atoms with Crippen LogP contribution < -0.4 is 0 Å². The third-order valence-corrected chi connectivity index (χ3v) is 2.88. The van der Waals surface area contributed by atoms with Crippen molar-refractivity contribution in [1.82, 2.24) is 0 Å². The molecule has 0 aliphatic heterocycles. The quantitative estimate of drug-likeness (QED) is 0.439. The first-order valence-corrected chi connectivity index (χ1v) is 4.32. The Bertz CT molecular complexity index is 162. The molecule has 62 valence electrons. The Kier molecular flexibility index (Phi) is 2.48. The van der Waals surface area contributed by atoms with Gasteiger partial charge in [-0.2, -0.15) is 0 Å². The molecule has 0 heterocycles. The molecule has 0 radical (unpaired) electrons. The van der Waals surface area contributed by atoms with Gasteiger partial charge in [0.1, 0.15) is 6.29 Å². The standard InChI is InChI=1S/C10H16O/c1-3-9-6-4-5-7-10(9,2)8-11/h3,8-9H,1,4-7H2,2H3/t9-,10-/m1/s1. The number of rotatable bonds is 2. The Morgan fingerprint density at radius 3 is 2.73 bits per heavy atom. The zero-order valence-electron chi connectivity index (χ0n) is 7.18. The Balaban J connectivity index is 2.72. The van der Waals surface area contributed by atoms with Crippen molar-refractivity contribution in [3.05, 3.63) is 12.7 Å². The summed E-state index contributed by atoms with van der Waals surface area (Å²) >= 11 is 0. The summed E-state index contributed by atoms with van der Waals surface area (Å²) in [6.07, 6.45) is 7.66. The van der Waals surface area contributed by atoms with Crippen LogP contribution in [0.5, 0.6) is 0 Å². The van der Waals surface area contributed by atoms with Crippen molar-refractivity contribution in [2.24, 2.45) is 11.3 Å². The minimum absolute atomic E-state index is 0.111. The fraction of sp³-hybridized carbons (Fsp3) is 0.700. The van der Waals surface area contributed by atoms with Gasteiger partial charge in [0.05, 0.1) is 0 Å². The van der Waals surface area contributed by atoms with Crippen molar-refractivity contribution in [1.29, 1.82) is 0 Å². The first-order valence-electron chi connectivity index (χ1n) is 4.32. The van der Waals surface area contributed by atoms with E-state index in [1.165, 1.54) is 12.8 Å². The second-order valence-corrected chi connectivity index (χ2v) is 3.71. The average Bonchev–Trinajstić information content (AvgIpc) is 2.05. The second-order valence-electron chi connectivity index (χ2n) is 3.71. The maximum atomic E-state index is 10.8. The smallest absolute Gasteiger partial charge is 0.126 e. The zero-order chi connectivity index (χ0) is 8.32. The van der Waals surface area contributed by atoms with Gasteiger partial charge in [0, 0.05) is 5.41 Å². The van der Waals surface area contributed by atoms with Crippen LogP contribution in [0.25, 0.3) is 0 Å². The van der Waals surface area contributed by atoms with Gasteiger partial charge in [-0.3, -0.25) is 0 Å². The van der Waals surface area contributed by atoms with Gasteiger partial charge in [0.15, 0.2) is 0 Å². The Hall–Kier alpha value is -0.590. The highest BCUT2D eigenvalue weighted by Gasteiger charge is 2.33. The lowest BCUT2D eigenvalue weighted by Gasteiger charge is -2.35. The maximum Gasteiger partial charge on any atom is 0.126 e. The highest BCUT2D eigenvalue weighted by molar-refractivity contribution is 5.60. The summed E-state index contributed by atoms with van der Waals surface area (Å²) in [7, 11) is 0. The summed E-state index contributed by atoms with van der Waals surface area (Å²) in [5, 5.41) is 0. The third kappa shape index (κ3) is 1.52. The Morgan fingerprint density at radius 2 is 2.27 bits per heavy atom. The molecule has 0 saturated heterocycles. The molecule has 0 unspecified atom stereocenters. The van der Waals surface area contributed by atoms with Crippen molar-refractivity contribution in [2.75, 3.05) is 0 Å². The van der Waals surface area contributed by atoms with Crippen LogP contribution in [-0.4, -0.2) is 6.29 Å². The van der Waals surface area contributed by atoms with E-state index in [-0.39, 0.29) is 5.41 Å². The molecule has 0 aromatic rings. The largest absolute Gasteiger partial charge is 0.303 e. The molecule has 1 rings (SSSR count). The van der Waals surface area contributed by atoms with Crippen LogP contribution >= 0.6 is 0 Å². The van der Waals surface area contributed by atoms with E-state index in [1.54, 1.807) is 0 Å². The molecule has 0 N–H and O–H groups in total. The first kappa shape index (κ1) is 8.51. The summed E-state index contributed by atoms with van der Waals surface area (Å²) in [5.74, 6) is 0.411. The van der Waals surface area contributed by atoms with E-state index < -0.39 is 0 Å². The first-order chi connectivity index (χ1) is 5.23. The minimum atomic E-state index is -0.111. The molecule has 1 fully saturated rings. The van der Waals surface area contributed by atoms with Crippen LogP contribution in [0.2, 0.25) is 0 Å². The van der Waals surface area contributed by atoms with Gasteiger partial charge in [0.25, 0.3) is 0 Å². The molecular formula is C10H16O. The van der Waals surface area contributed by atoms with E-state index in [9.17, 15) is 4.79 Å². The van der Waals surface area contributed by atoms with Gasteiger partial charge < -0.3 is 4.79 Å². The van der Waals surface area contributed by atoms with E-state index in [0.29, 0.717) is 5.92 Å². The monoisotopic (exact) mass is 152 g/mol. The van der Waals surface area contributed by atoms with Crippen LogP contribution in [0.1, 0.15) is 32.6 Å². The van der Waals surface area contributed by atoms with Gasteiger partial charge in [-0.1, -0.05) is 25.8 Å². The minimum Gasteiger partial charge on any atom is -0.303 e. The predicted octanol–water partition coefficient (Wildman–Crippen LogP) is 2.57. The second kappa shape index (κ2) is 3.21. The van der Waals surface area contributed by atoms with E-state index in [4.69, 9.17) is 0 Å². The molecule has 0 amide bonds. The van der Waals surface area contributed by atoms with E-state index in [0.717, 1.165) is 19.1 Å². The van der Waals surface area contributed by atoms with Crippen molar-refractivity contribution < 1.29 is 4.79 Å². The number of allylic oxidation sites excluding steroid dienone is 1. The van der Waals surface area contributed by atoms with Crippen molar-refractivity contribution in [3.8, 4) is 0 Å². The van der Waals surface area contributed by atoms with Crippen LogP contribution in [0.15, 0.2) is 12.7 Å². The molecule has 0 spiro atoms. The number of carbonyl (C=O) groups is 1. The summed E-state index contributed by atoms with van der Waals surface area (Å²) in [4.78, 5) is 10.8. The zero-order valence-corrected chi connectivity index (χ0v) is 7.18. The lowest BCUT2D eigenvalue weighted by Crippen LogP contribution is -2.30. The van der Waals surface area contributed by atoms with E-state index in [2.05, 4.69) is 6.58 Å². The summed E-state index contributed by atoms with van der Waals surface area (Å²) in [5.41, 5.74) is -0.111. The molecule has 1 nitrogen and oxygen atoms in total. The number of hydrogen-bond acceptors (Lipinski definition) is 1. The highest BCUT2D eigenvalue weighted by atomic mass is 16.1. The van der Waals surface area contributed by atoms with Gasteiger partial charge in [-0.25, -0.2) is 0 Å². The van der Waals surface area contributed by atoms with Crippen LogP contribution in [0.4, 0.5) is 0 Å². The SMILES string of the molecule is C=C[C@@H]1CCCC[C@]1(C)C=O. The molecule has 1 aliphatic rings. The molecule has 11 heavy (non-hydrogen) atoms. The Labute approximate surface area is 68.5 Å². The third-order valence-electron chi connectivity index (χ3n) is 2.88. The molecule has 1 saturated carbocycles.